The summed E-state index contributed by atoms with van der Waals surface area (Å²) in [6.45, 7) is 4.51. The molecule has 3 rings (SSSR count). The SMILES string of the molecule is Cc1nc2ccccc2c(C)c1CC(=O)NCCCc1[nH][nH+]c(N)c1C#N. The van der Waals surface area contributed by atoms with Crippen LogP contribution < -0.4 is 16.1 Å². The molecule has 0 saturated carbocycles. The van der Waals surface area contributed by atoms with Crippen molar-refractivity contribution in [1.29, 1.82) is 5.26 Å². The number of nitrogen functional groups attached to an aromatic ring is 1. The van der Waals surface area contributed by atoms with Gasteiger partial charge in [-0.05, 0) is 43.9 Å². The molecule has 2 aromatic heterocycles. The highest BCUT2D eigenvalue weighted by Gasteiger charge is 2.15. The maximum absolute atomic E-state index is 12.4. The number of anilines is 1. The minimum Gasteiger partial charge on any atom is -0.356 e. The number of carbonyl (C=O) groups is 1. The van der Waals surface area contributed by atoms with Crippen molar-refractivity contribution in [2.45, 2.75) is 33.1 Å². The molecule has 0 radical (unpaired) electrons. The van der Waals surface area contributed by atoms with E-state index in [4.69, 9.17) is 11.0 Å². The highest BCUT2D eigenvalue weighted by molar-refractivity contribution is 5.86. The zero-order valence-corrected chi connectivity index (χ0v) is 15.5. The van der Waals surface area contributed by atoms with Crippen molar-refractivity contribution in [3.05, 3.63) is 52.3 Å². The van der Waals surface area contributed by atoms with Crippen LogP contribution in [0.2, 0.25) is 0 Å². The standard InChI is InChI=1S/C20H22N6O/c1-12-14-6-3-4-7-17(14)24-13(2)15(12)10-19(27)23-9-5-8-18-16(11-21)20(22)26-25-18/h3-4,6-7H,5,8-10H2,1-2H3,(H,23,27)(H3,22,25,26)/p+1. The first-order valence-corrected chi connectivity index (χ1v) is 8.91. The predicted molar refractivity (Wildman–Crippen MR) is 103 cm³/mol. The van der Waals surface area contributed by atoms with Crippen LogP contribution in [0.25, 0.3) is 10.9 Å². The van der Waals surface area contributed by atoms with E-state index in [1.165, 1.54) is 0 Å². The number of fused-ring (bicyclic) bond motifs is 1. The van der Waals surface area contributed by atoms with Gasteiger partial charge >= 0.3 is 5.82 Å². The summed E-state index contributed by atoms with van der Waals surface area (Å²) < 4.78 is 0. The number of nitrogens with one attached hydrogen (secondary N) is 3. The van der Waals surface area contributed by atoms with Crippen LogP contribution in [0.5, 0.6) is 0 Å². The second-order valence-corrected chi connectivity index (χ2v) is 6.58. The number of para-hydroxylation sites is 1. The Bertz CT molecular complexity index is 1030. The Labute approximate surface area is 157 Å². The molecule has 3 aromatic rings. The van der Waals surface area contributed by atoms with Gasteiger partial charge in [-0.3, -0.25) is 15.5 Å². The average molecular weight is 363 g/mol. The molecule has 0 saturated heterocycles. The van der Waals surface area contributed by atoms with Crippen LogP contribution in [0.15, 0.2) is 24.3 Å². The first-order valence-electron chi connectivity index (χ1n) is 8.91. The van der Waals surface area contributed by atoms with Crippen LogP contribution in [-0.4, -0.2) is 22.5 Å². The monoisotopic (exact) mass is 363 g/mol. The third-order valence-corrected chi connectivity index (χ3v) is 4.78. The lowest BCUT2D eigenvalue weighted by molar-refractivity contribution is -0.434. The van der Waals surface area contributed by atoms with Gasteiger partial charge in [-0.2, -0.15) is 10.4 Å². The highest BCUT2D eigenvalue weighted by atomic mass is 16.1. The zero-order chi connectivity index (χ0) is 19.4. The van der Waals surface area contributed by atoms with Crippen molar-refractivity contribution >= 4 is 22.6 Å². The summed E-state index contributed by atoms with van der Waals surface area (Å²) in [6, 6.07) is 10.0. The number of pyridine rings is 1. The second kappa shape index (κ2) is 7.87. The van der Waals surface area contributed by atoms with E-state index in [9.17, 15) is 4.79 Å². The third-order valence-electron chi connectivity index (χ3n) is 4.78. The smallest absolute Gasteiger partial charge is 0.308 e. The van der Waals surface area contributed by atoms with E-state index in [0.29, 0.717) is 37.2 Å². The minimum absolute atomic E-state index is 0.0312. The number of nitrogens with two attached hydrogens (primary N) is 1. The molecule has 0 aliphatic heterocycles. The Balaban J connectivity index is 1.58. The number of nitrogens with zero attached hydrogens (tertiary/aromatic N) is 2. The number of nitriles is 1. The average Bonchev–Trinajstić information content (AvgIpc) is 3.02. The van der Waals surface area contributed by atoms with Gasteiger partial charge in [-0.25, -0.2) is 5.10 Å². The van der Waals surface area contributed by atoms with Gasteiger partial charge < -0.3 is 5.32 Å². The molecule has 7 heteroatoms. The lowest BCUT2D eigenvalue weighted by Crippen LogP contribution is -2.27. The number of aryl methyl sites for hydroxylation is 3. The molecule has 1 aromatic carbocycles. The van der Waals surface area contributed by atoms with E-state index in [0.717, 1.165) is 33.4 Å². The summed E-state index contributed by atoms with van der Waals surface area (Å²) in [7, 11) is 0. The molecule has 7 nitrogen and oxygen atoms in total. The number of benzene rings is 1. The number of H-pyrrole nitrogens is 2. The lowest BCUT2D eigenvalue weighted by Gasteiger charge is -2.12. The number of amides is 1. The van der Waals surface area contributed by atoms with Crippen molar-refractivity contribution in [3.63, 3.8) is 0 Å². The van der Waals surface area contributed by atoms with Crippen molar-refractivity contribution < 1.29 is 9.89 Å². The fourth-order valence-corrected chi connectivity index (χ4v) is 3.29. The van der Waals surface area contributed by atoms with Gasteiger partial charge in [0, 0.05) is 17.6 Å². The lowest BCUT2D eigenvalue weighted by atomic mass is 9.99. The first-order chi connectivity index (χ1) is 13.0. The van der Waals surface area contributed by atoms with Crippen molar-refractivity contribution in [1.82, 2.24) is 15.4 Å². The molecule has 138 valence electrons. The molecule has 0 aliphatic rings. The Kier molecular flexibility index (Phi) is 5.36. The van der Waals surface area contributed by atoms with Crippen LogP contribution in [0.3, 0.4) is 0 Å². The predicted octanol–water partition coefficient (Wildman–Crippen LogP) is 1.74. The van der Waals surface area contributed by atoms with E-state index in [1.807, 2.05) is 38.1 Å². The zero-order valence-electron chi connectivity index (χ0n) is 15.5. The van der Waals surface area contributed by atoms with Crippen molar-refractivity contribution in [2.24, 2.45) is 0 Å². The van der Waals surface area contributed by atoms with E-state index in [-0.39, 0.29) is 5.91 Å². The molecule has 0 fully saturated rings. The maximum atomic E-state index is 12.4. The Hall–Kier alpha value is -3.40. The molecule has 0 aliphatic carbocycles. The Morgan fingerprint density at radius 1 is 1.37 bits per heavy atom. The molecular formula is C20H23N6O+. The topological polar surface area (TPSA) is 122 Å². The number of rotatable bonds is 6. The van der Waals surface area contributed by atoms with Crippen LogP contribution in [0.4, 0.5) is 5.82 Å². The molecular weight excluding hydrogens is 340 g/mol. The highest BCUT2D eigenvalue weighted by Crippen LogP contribution is 2.22. The quantitative estimate of drug-likeness (QED) is 0.577. The normalized spacial score (nSPS) is 10.7. The van der Waals surface area contributed by atoms with Crippen molar-refractivity contribution in [2.75, 3.05) is 12.3 Å². The van der Waals surface area contributed by atoms with E-state index in [1.54, 1.807) is 0 Å². The molecule has 2 heterocycles. The molecule has 0 unspecified atom stereocenters. The number of aromatic nitrogens is 3. The van der Waals surface area contributed by atoms with Gasteiger partial charge in [0.25, 0.3) is 0 Å². The number of hydrogen-bond acceptors (Lipinski definition) is 4. The summed E-state index contributed by atoms with van der Waals surface area (Å²) in [4.78, 5) is 17.0. The van der Waals surface area contributed by atoms with E-state index < -0.39 is 0 Å². The molecule has 0 atom stereocenters. The van der Waals surface area contributed by atoms with Crippen LogP contribution >= 0.6 is 0 Å². The van der Waals surface area contributed by atoms with Gasteiger partial charge in [0.05, 0.1) is 17.6 Å². The molecule has 5 N–H and O–H groups in total. The second-order valence-electron chi connectivity index (χ2n) is 6.58. The first kappa shape index (κ1) is 18.4. The van der Waals surface area contributed by atoms with Gasteiger partial charge in [0.1, 0.15) is 6.07 Å². The van der Waals surface area contributed by atoms with Crippen molar-refractivity contribution in [3.8, 4) is 6.07 Å². The minimum atomic E-state index is -0.0312. The molecule has 0 spiro atoms. The summed E-state index contributed by atoms with van der Waals surface area (Å²) in [5, 5.41) is 18.7. The number of hydrogen-bond donors (Lipinski definition) is 3. The summed E-state index contributed by atoms with van der Waals surface area (Å²) in [6.07, 6.45) is 1.65. The van der Waals surface area contributed by atoms with E-state index in [2.05, 4.69) is 26.6 Å². The number of aromatic amines is 2. The fraction of sp³-hybridized carbons (Fsp3) is 0.300. The Morgan fingerprint density at radius 3 is 2.93 bits per heavy atom. The molecule has 27 heavy (non-hydrogen) atoms. The van der Waals surface area contributed by atoms with Gasteiger partial charge in [0.15, 0.2) is 5.56 Å². The van der Waals surface area contributed by atoms with Crippen LogP contribution in [0, 0.1) is 25.2 Å². The maximum Gasteiger partial charge on any atom is 0.308 e. The number of carbonyl (C=O) groups excluding carboxylic acids is 1. The van der Waals surface area contributed by atoms with Gasteiger partial charge in [-0.1, -0.05) is 18.2 Å². The largest absolute Gasteiger partial charge is 0.356 e. The molecule has 0 bridgehead atoms. The third kappa shape index (κ3) is 3.90. The van der Waals surface area contributed by atoms with Gasteiger partial charge in [-0.15, -0.1) is 0 Å². The van der Waals surface area contributed by atoms with Crippen LogP contribution in [0.1, 0.15) is 34.5 Å². The molecule has 1 amide bonds. The fourth-order valence-electron chi connectivity index (χ4n) is 3.29. The van der Waals surface area contributed by atoms with Gasteiger partial charge in [0.2, 0.25) is 5.91 Å². The Morgan fingerprint density at radius 2 is 2.15 bits per heavy atom. The van der Waals surface area contributed by atoms with E-state index >= 15 is 0 Å². The van der Waals surface area contributed by atoms with Crippen LogP contribution in [-0.2, 0) is 17.6 Å². The summed E-state index contributed by atoms with van der Waals surface area (Å²) >= 11 is 0. The summed E-state index contributed by atoms with van der Waals surface area (Å²) in [5.41, 5.74) is 10.8. The summed E-state index contributed by atoms with van der Waals surface area (Å²) in [5.74, 6) is 0.308.